The molecule has 5 heteroatoms. The van der Waals surface area contributed by atoms with E-state index in [-0.39, 0.29) is 18.1 Å². The number of fused-ring (bicyclic) bond motifs is 1. The van der Waals surface area contributed by atoms with Gasteiger partial charge in [0, 0.05) is 13.2 Å². The number of aromatic nitrogens is 2. The molecule has 0 spiro atoms. The smallest absolute Gasteiger partial charge is 0.271 e. The van der Waals surface area contributed by atoms with Crippen LogP contribution in [0.25, 0.3) is 10.2 Å². The number of nitrogens with zero attached hydrogens (tertiary/aromatic N) is 2. The van der Waals surface area contributed by atoms with Crippen LogP contribution in [-0.2, 0) is 6.54 Å². The van der Waals surface area contributed by atoms with Crippen LogP contribution in [0, 0.1) is 5.92 Å². The van der Waals surface area contributed by atoms with Crippen LogP contribution in [0.15, 0.2) is 22.6 Å². The van der Waals surface area contributed by atoms with Crippen LogP contribution in [-0.4, -0.2) is 21.3 Å². The van der Waals surface area contributed by atoms with E-state index in [2.05, 4.69) is 4.98 Å². The highest BCUT2D eigenvalue weighted by Gasteiger charge is 2.07. The minimum atomic E-state index is -0.0182. The van der Waals surface area contributed by atoms with Gasteiger partial charge in [-0.25, -0.2) is 4.98 Å². The molecule has 1 atom stereocenters. The van der Waals surface area contributed by atoms with Gasteiger partial charge in [0.2, 0.25) is 0 Å². The summed E-state index contributed by atoms with van der Waals surface area (Å²) in [7, 11) is 0. The van der Waals surface area contributed by atoms with Crippen LogP contribution in [0.5, 0.6) is 0 Å². The van der Waals surface area contributed by atoms with Crippen LogP contribution in [0.3, 0.4) is 0 Å². The van der Waals surface area contributed by atoms with E-state index in [0.29, 0.717) is 11.2 Å². The fraction of sp³-hybridized carbons (Fsp3) is 0.400. The Hall–Kier alpha value is -1.20. The average molecular weight is 224 g/mol. The van der Waals surface area contributed by atoms with Gasteiger partial charge in [0.1, 0.15) is 4.70 Å². The van der Waals surface area contributed by atoms with Crippen LogP contribution in [0.2, 0.25) is 0 Å². The second kappa shape index (κ2) is 4.12. The number of rotatable bonds is 3. The molecule has 0 radical (unpaired) electrons. The molecule has 0 aliphatic carbocycles. The first-order valence-electron chi connectivity index (χ1n) is 4.76. The van der Waals surface area contributed by atoms with Crippen molar-refractivity contribution in [2.75, 3.05) is 6.61 Å². The van der Waals surface area contributed by atoms with E-state index in [4.69, 9.17) is 5.11 Å². The van der Waals surface area contributed by atoms with Gasteiger partial charge >= 0.3 is 0 Å². The molecule has 0 fully saturated rings. The minimum absolute atomic E-state index is 0.0182. The zero-order valence-electron chi connectivity index (χ0n) is 8.38. The first-order chi connectivity index (χ1) is 7.22. The summed E-state index contributed by atoms with van der Waals surface area (Å²) < 4.78 is 2.24. The molecule has 2 aromatic rings. The van der Waals surface area contributed by atoms with Crippen molar-refractivity contribution in [3.05, 3.63) is 28.1 Å². The lowest BCUT2D eigenvalue weighted by atomic mass is 10.2. The number of hydrogen-bond acceptors (Lipinski definition) is 4. The van der Waals surface area contributed by atoms with Crippen LogP contribution >= 0.6 is 11.3 Å². The molecule has 2 heterocycles. The Labute approximate surface area is 90.8 Å². The van der Waals surface area contributed by atoms with Gasteiger partial charge in [-0.1, -0.05) is 6.92 Å². The Bertz CT molecular complexity index is 517. The maximum Gasteiger partial charge on any atom is 0.271 e. The molecule has 1 N–H and O–H groups in total. The Balaban J connectivity index is 2.44. The summed E-state index contributed by atoms with van der Waals surface area (Å²) in [4.78, 5) is 16.1. The number of thiophene rings is 1. The second-order valence-corrected chi connectivity index (χ2v) is 4.54. The van der Waals surface area contributed by atoms with E-state index in [1.54, 1.807) is 10.9 Å². The second-order valence-electron chi connectivity index (χ2n) is 3.62. The van der Waals surface area contributed by atoms with Crippen LogP contribution in [0.1, 0.15) is 6.92 Å². The summed E-state index contributed by atoms with van der Waals surface area (Å²) in [6.45, 7) is 2.48. The molecule has 0 aromatic carbocycles. The molecule has 1 unspecified atom stereocenters. The van der Waals surface area contributed by atoms with Crippen molar-refractivity contribution in [3.8, 4) is 0 Å². The zero-order chi connectivity index (χ0) is 10.8. The third kappa shape index (κ3) is 1.93. The van der Waals surface area contributed by atoms with Gasteiger partial charge in [-0.05, 0) is 17.4 Å². The lowest BCUT2D eigenvalue weighted by molar-refractivity contribution is 0.221. The van der Waals surface area contributed by atoms with Gasteiger partial charge in [-0.2, -0.15) is 0 Å². The third-order valence-corrected chi connectivity index (χ3v) is 3.15. The fourth-order valence-electron chi connectivity index (χ4n) is 1.40. The van der Waals surface area contributed by atoms with Crippen molar-refractivity contribution in [2.24, 2.45) is 5.92 Å². The lowest BCUT2D eigenvalue weighted by Gasteiger charge is -2.09. The number of hydrogen-bond donors (Lipinski definition) is 1. The largest absolute Gasteiger partial charge is 0.396 e. The molecule has 0 saturated carbocycles. The van der Waals surface area contributed by atoms with E-state index in [1.807, 2.05) is 18.4 Å². The predicted molar refractivity (Wildman–Crippen MR) is 60.1 cm³/mol. The summed E-state index contributed by atoms with van der Waals surface area (Å²) in [5.74, 6) is 0.0712. The summed E-state index contributed by atoms with van der Waals surface area (Å²) in [6.07, 6.45) is 1.55. The van der Waals surface area contributed by atoms with Gasteiger partial charge < -0.3 is 5.11 Å². The van der Waals surface area contributed by atoms with E-state index in [1.165, 1.54) is 11.3 Å². The van der Waals surface area contributed by atoms with Gasteiger partial charge in [0.05, 0.1) is 11.8 Å². The van der Waals surface area contributed by atoms with Crippen molar-refractivity contribution in [3.63, 3.8) is 0 Å². The van der Waals surface area contributed by atoms with Crippen molar-refractivity contribution in [1.29, 1.82) is 0 Å². The first-order valence-corrected chi connectivity index (χ1v) is 5.64. The molecule has 0 amide bonds. The van der Waals surface area contributed by atoms with Gasteiger partial charge in [0.15, 0.2) is 0 Å². The highest BCUT2D eigenvalue weighted by Crippen LogP contribution is 2.13. The molecule has 0 aliphatic rings. The molecule has 80 valence electrons. The molecular weight excluding hydrogens is 212 g/mol. The molecule has 4 nitrogen and oxygen atoms in total. The molecular formula is C10H12N2O2S. The van der Waals surface area contributed by atoms with Gasteiger partial charge in [-0.3, -0.25) is 9.36 Å². The number of aliphatic hydroxyl groups excluding tert-OH is 1. The molecule has 2 aromatic heterocycles. The van der Waals surface area contributed by atoms with Crippen LogP contribution < -0.4 is 5.56 Å². The summed E-state index contributed by atoms with van der Waals surface area (Å²) >= 11 is 1.40. The Morgan fingerprint density at radius 2 is 2.47 bits per heavy atom. The Kier molecular flexibility index (Phi) is 2.83. The fourth-order valence-corrected chi connectivity index (χ4v) is 2.20. The van der Waals surface area contributed by atoms with Crippen molar-refractivity contribution in [1.82, 2.24) is 9.55 Å². The molecule has 0 bridgehead atoms. The van der Waals surface area contributed by atoms with Crippen molar-refractivity contribution in [2.45, 2.75) is 13.5 Å². The number of aliphatic hydroxyl groups is 1. The Morgan fingerprint density at radius 1 is 1.67 bits per heavy atom. The van der Waals surface area contributed by atoms with Crippen molar-refractivity contribution >= 4 is 21.6 Å². The quantitative estimate of drug-likeness (QED) is 0.849. The standard InChI is InChI=1S/C10H12N2O2S/c1-7(5-13)4-12-6-11-8-2-3-15-9(8)10(12)14/h2-3,6-7,13H,4-5H2,1H3. The van der Waals surface area contributed by atoms with E-state index >= 15 is 0 Å². The lowest BCUT2D eigenvalue weighted by Crippen LogP contribution is -2.24. The summed E-state index contributed by atoms with van der Waals surface area (Å²) in [5, 5.41) is 10.8. The average Bonchev–Trinajstić information content (AvgIpc) is 2.70. The predicted octanol–water partition coefficient (Wildman–Crippen LogP) is 1.09. The SMILES string of the molecule is CC(CO)Cn1cnc2ccsc2c1=O. The normalized spacial score (nSPS) is 13.2. The Morgan fingerprint density at radius 3 is 3.20 bits per heavy atom. The molecule has 15 heavy (non-hydrogen) atoms. The molecule has 2 rings (SSSR count). The van der Waals surface area contributed by atoms with E-state index in [0.717, 1.165) is 5.52 Å². The topological polar surface area (TPSA) is 55.1 Å². The third-order valence-electron chi connectivity index (χ3n) is 2.26. The van der Waals surface area contributed by atoms with Crippen molar-refractivity contribution < 1.29 is 5.11 Å². The monoisotopic (exact) mass is 224 g/mol. The maximum absolute atomic E-state index is 11.9. The first kappa shape index (κ1) is 10.3. The van der Waals surface area contributed by atoms with E-state index in [9.17, 15) is 4.79 Å². The van der Waals surface area contributed by atoms with Gasteiger partial charge in [0.25, 0.3) is 5.56 Å². The minimum Gasteiger partial charge on any atom is -0.396 e. The van der Waals surface area contributed by atoms with Gasteiger partial charge in [-0.15, -0.1) is 11.3 Å². The highest BCUT2D eigenvalue weighted by molar-refractivity contribution is 7.17. The van der Waals surface area contributed by atoms with Crippen LogP contribution in [0.4, 0.5) is 0 Å². The van der Waals surface area contributed by atoms with E-state index < -0.39 is 0 Å². The summed E-state index contributed by atoms with van der Waals surface area (Å²) in [5.41, 5.74) is 0.730. The highest BCUT2D eigenvalue weighted by atomic mass is 32.1. The zero-order valence-corrected chi connectivity index (χ0v) is 9.20. The molecule has 0 saturated heterocycles. The maximum atomic E-state index is 11.9. The molecule has 0 aliphatic heterocycles. The summed E-state index contributed by atoms with van der Waals surface area (Å²) in [6, 6.07) is 1.83.